The Labute approximate surface area is 565 Å². The third-order valence-electron chi connectivity index (χ3n) is 18.2. The quantitative estimate of drug-likeness (QED) is 0.118. The van der Waals surface area contributed by atoms with E-state index in [9.17, 15) is 2.74 Å². The van der Waals surface area contributed by atoms with Gasteiger partial charge in [0.25, 0.3) is 6.33 Å². The Bertz CT molecular complexity index is 5280. The molecule has 13 aromatic rings. The van der Waals surface area contributed by atoms with Gasteiger partial charge in [-0.05, 0) is 157 Å². The molecule has 14 rings (SSSR count). The van der Waals surface area contributed by atoms with Crippen molar-refractivity contribution >= 4 is 32.8 Å². The Hall–Kier alpha value is -8.89. The maximum Gasteiger partial charge on any atom is 0.268 e. The number of nitrogens with zero attached hydrogens (tertiary/aromatic N) is 4. The minimum Gasteiger partial charge on any atom is -0.510 e. The van der Waals surface area contributed by atoms with E-state index in [1.807, 2.05) is 36.5 Å². The van der Waals surface area contributed by atoms with Gasteiger partial charge in [-0.3, -0.25) is 4.57 Å². The molecule has 0 fully saturated rings. The van der Waals surface area contributed by atoms with Gasteiger partial charge in [0, 0.05) is 44.3 Å². The monoisotopic (exact) mass is 1380 g/mol. The van der Waals surface area contributed by atoms with Crippen molar-refractivity contribution < 1.29 is 37.2 Å². The van der Waals surface area contributed by atoms with Crippen LogP contribution in [0.15, 0.2) is 212 Å². The molecule has 0 atom stereocenters. The molecule has 0 N–H and O–H groups in total. The van der Waals surface area contributed by atoms with Crippen LogP contribution in [-0.4, -0.2) is 14.1 Å². The van der Waals surface area contributed by atoms with E-state index in [4.69, 9.17) is 13.8 Å². The van der Waals surface area contributed by atoms with Crippen LogP contribution in [0.4, 0.5) is 0 Å². The van der Waals surface area contributed by atoms with Crippen LogP contribution in [0.25, 0.3) is 117 Å². The van der Waals surface area contributed by atoms with E-state index in [1.54, 1.807) is 0 Å². The minimum absolute atomic E-state index is 0. The maximum absolute atomic E-state index is 9.62. The summed E-state index contributed by atoms with van der Waals surface area (Å²) >= 11 is 0. The Morgan fingerprint density at radius 1 is 0.424 bits per heavy atom. The number of fused-ring (bicyclic) bond motifs is 10. The van der Waals surface area contributed by atoms with E-state index >= 15 is 0 Å². The number of para-hydroxylation sites is 2. The topological polar surface area (TPSA) is 35.9 Å². The molecule has 1 aliphatic heterocycles. The van der Waals surface area contributed by atoms with Gasteiger partial charge >= 0.3 is 0 Å². The zero-order chi connectivity index (χ0) is 68.0. The van der Waals surface area contributed by atoms with Gasteiger partial charge in [0.2, 0.25) is 0 Å². The molecule has 5 nitrogen and oxygen atoms in total. The molecule has 1 aliphatic rings. The standard InChI is InChI=1S/C86H80N4O.Pt/c1-82(2,3)58-40-41-87-78(50-58)90-75-37-22-21-32-70(75)71-39-38-65(52-76(71)90)91-64-29-23-28-63(51-64)88-53-89-80-67(57-44-61(85(10,11)12)49-62(45-57)86(13,14)15)34-25-36-73(80)79-66(54-26-17-16-18-27-54)33-24-35-72(79)68-30-19-20-31-69(68)74-46-56(47-77(88)81(74)89)55-42-59(83(4,5)6)48-60(43-55)84(7,8)9;/h16-50H,1-15H3;/q-2;/i16D,17D,18D,26D,27D;. The zero-order valence-corrected chi connectivity index (χ0v) is 57.6. The van der Waals surface area contributed by atoms with E-state index < -0.39 is 18.1 Å². The smallest absolute Gasteiger partial charge is 0.268 e. The van der Waals surface area contributed by atoms with Crippen molar-refractivity contribution in [2.45, 2.75) is 131 Å². The summed E-state index contributed by atoms with van der Waals surface area (Å²) in [4.78, 5) is 4.95. The fourth-order valence-corrected chi connectivity index (χ4v) is 13.0. The second-order valence-corrected chi connectivity index (χ2v) is 29.8. The van der Waals surface area contributed by atoms with Crippen LogP contribution in [0.2, 0.25) is 0 Å². The number of hydrogen-bond acceptors (Lipinski definition) is 2. The van der Waals surface area contributed by atoms with E-state index in [0.717, 1.165) is 100.0 Å². The average molecular weight is 1390 g/mol. The molecule has 6 heteroatoms. The molecule has 92 heavy (non-hydrogen) atoms. The molecular weight excluding hydrogens is 1300 g/mol. The molecule has 0 spiro atoms. The normalized spacial score (nSPS) is 13.4. The summed E-state index contributed by atoms with van der Waals surface area (Å²) in [6, 6.07) is 68.0. The van der Waals surface area contributed by atoms with Crippen LogP contribution >= 0.6 is 0 Å². The summed E-state index contributed by atoms with van der Waals surface area (Å²) in [5, 5.41) is 2.12. The number of rotatable bonds is 7. The number of benzene rings is 10. The Kier molecular flexibility index (Phi) is 13.8. The second-order valence-electron chi connectivity index (χ2n) is 29.8. The van der Waals surface area contributed by atoms with Crippen LogP contribution < -0.4 is 9.30 Å². The molecule has 0 saturated heterocycles. The predicted molar refractivity (Wildman–Crippen MR) is 380 cm³/mol. The summed E-state index contributed by atoms with van der Waals surface area (Å²) in [5.74, 6) is 1.79. The Morgan fingerprint density at radius 2 is 0.967 bits per heavy atom. The molecule has 4 heterocycles. The number of pyridine rings is 1. The summed E-state index contributed by atoms with van der Waals surface area (Å²) in [6.45, 7) is 33.9. The molecule has 0 bridgehead atoms. The number of aromatic nitrogens is 4. The molecule has 10 aromatic carbocycles. The largest absolute Gasteiger partial charge is 0.510 e. The van der Waals surface area contributed by atoms with Crippen molar-refractivity contribution in [3.8, 4) is 95.5 Å². The van der Waals surface area contributed by atoms with Gasteiger partial charge in [0.05, 0.1) is 23.6 Å². The van der Waals surface area contributed by atoms with Gasteiger partial charge in [0.15, 0.2) is 0 Å². The first kappa shape index (κ1) is 55.9. The second kappa shape index (κ2) is 22.7. The SMILES string of the molecule is [2H]c1c([2H])c([2H])c(-c2cccc3c2-c2cccc(-c4cc(C(C)(C)C)cc(C(C)(C)C)c4)c2-[n+]2[c-]n(-c4[c-]c(Oc5[c-]c6c(cc5)c5ccccc5n6-c5cc(C(C)(C)C)ccn5)ccc4)c4cc(-c5cc(C(C)(C)C)cc(C(C)(C)C)c5)cc(c42)-c2ccccc2-3)c([2H])c1[2H].[Pt]. The minimum atomic E-state index is -0.446. The third kappa shape index (κ3) is 11.1. The van der Waals surface area contributed by atoms with Crippen molar-refractivity contribution in [1.29, 1.82) is 0 Å². The van der Waals surface area contributed by atoms with Crippen LogP contribution in [0.5, 0.6) is 11.5 Å². The number of imidazole rings is 1. The first-order chi connectivity index (χ1) is 45.3. The van der Waals surface area contributed by atoms with Gasteiger partial charge in [-0.15, -0.1) is 29.7 Å². The molecule has 0 amide bonds. The summed E-state index contributed by atoms with van der Waals surface area (Å²) in [7, 11) is 0. The summed E-state index contributed by atoms with van der Waals surface area (Å²) in [6.07, 6.45) is 5.95. The van der Waals surface area contributed by atoms with Crippen molar-refractivity contribution in [1.82, 2.24) is 14.1 Å². The van der Waals surface area contributed by atoms with Crippen molar-refractivity contribution in [2.75, 3.05) is 0 Å². The summed E-state index contributed by atoms with van der Waals surface area (Å²) in [5.41, 5.74) is 19.9. The molecule has 0 radical (unpaired) electrons. The molecule has 462 valence electrons. The van der Waals surface area contributed by atoms with Crippen LogP contribution in [0.1, 0.15) is 139 Å². The molecule has 0 unspecified atom stereocenters. The molecular formula is C86H80N4OPt-2. The first-order valence-electron chi connectivity index (χ1n) is 34.3. The first-order valence-corrected chi connectivity index (χ1v) is 31.8. The van der Waals surface area contributed by atoms with Gasteiger partial charge in [-0.1, -0.05) is 261 Å². The number of hydrogen-bond donors (Lipinski definition) is 0. The Balaban J connectivity index is 0.00000849. The molecule has 3 aromatic heterocycles. The van der Waals surface area contributed by atoms with Gasteiger partial charge < -0.3 is 13.9 Å². The van der Waals surface area contributed by atoms with Crippen LogP contribution in [-0.2, 0) is 48.1 Å². The van der Waals surface area contributed by atoms with E-state index in [2.05, 4.69) is 282 Å². The van der Waals surface area contributed by atoms with E-state index in [1.165, 1.54) is 27.8 Å². The summed E-state index contributed by atoms with van der Waals surface area (Å²) < 4.78 is 59.7. The molecule has 0 aliphatic carbocycles. The third-order valence-corrected chi connectivity index (χ3v) is 18.2. The van der Waals surface area contributed by atoms with Crippen molar-refractivity contribution in [3.63, 3.8) is 0 Å². The van der Waals surface area contributed by atoms with Gasteiger partial charge in [-0.2, -0.15) is 18.2 Å². The van der Waals surface area contributed by atoms with Crippen LogP contribution in [0.3, 0.4) is 0 Å². The van der Waals surface area contributed by atoms with Crippen LogP contribution in [0, 0.1) is 18.5 Å². The fraction of sp³-hybridized carbons (Fsp3) is 0.233. The Morgan fingerprint density at radius 3 is 1.62 bits per heavy atom. The zero-order valence-electron chi connectivity index (χ0n) is 60.3. The van der Waals surface area contributed by atoms with Gasteiger partial charge in [0.1, 0.15) is 5.82 Å². The fourth-order valence-electron chi connectivity index (χ4n) is 13.0. The van der Waals surface area contributed by atoms with E-state index in [0.29, 0.717) is 22.7 Å². The maximum atomic E-state index is 9.62. The molecule has 0 saturated carbocycles. The van der Waals surface area contributed by atoms with Gasteiger partial charge in [-0.25, -0.2) is 4.98 Å². The van der Waals surface area contributed by atoms with E-state index in [-0.39, 0.29) is 65.8 Å². The number of ether oxygens (including phenoxy) is 1. The van der Waals surface area contributed by atoms with Crippen molar-refractivity contribution in [2.24, 2.45) is 0 Å². The average Bonchev–Trinajstić information content (AvgIpc) is 1.61. The predicted octanol–water partition coefficient (Wildman–Crippen LogP) is 22.4. The van der Waals surface area contributed by atoms with Crippen molar-refractivity contribution in [3.05, 3.63) is 259 Å².